The second-order valence-corrected chi connectivity index (χ2v) is 3.62. The minimum atomic E-state index is 0.176. The summed E-state index contributed by atoms with van der Waals surface area (Å²) in [4.78, 5) is 8.28. The summed E-state index contributed by atoms with van der Waals surface area (Å²) in [6.07, 6.45) is 1.62. The van der Waals surface area contributed by atoms with Gasteiger partial charge < -0.3 is 16.6 Å². The molecule has 0 atom stereocenters. The Morgan fingerprint density at radius 3 is 2.81 bits per heavy atom. The predicted octanol–water partition coefficient (Wildman–Crippen LogP) is 0.809. The number of nitrogen functional groups attached to an aromatic ring is 1. The summed E-state index contributed by atoms with van der Waals surface area (Å²) in [6.45, 7) is 0.615. The van der Waals surface area contributed by atoms with Crippen molar-refractivity contribution >= 4 is 16.9 Å². The molecule has 5 N–H and O–H groups in total. The fourth-order valence-corrected chi connectivity index (χ4v) is 1.66. The zero-order valence-corrected chi connectivity index (χ0v) is 8.85. The molecule has 0 saturated carbocycles. The van der Waals surface area contributed by atoms with Crippen molar-refractivity contribution in [3.8, 4) is 5.75 Å². The van der Waals surface area contributed by atoms with Crippen molar-refractivity contribution in [3.63, 3.8) is 0 Å². The van der Waals surface area contributed by atoms with Gasteiger partial charge in [-0.3, -0.25) is 0 Å². The number of phenolic OH excluding ortho intramolecular Hbond substituents is 1. The molecule has 0 unspecified atom stereocenters. The maximum Gasteiger partial charge on any atom is 0.220 e. The van der Waals surface area contributed by atoms with Crippen LogP contribution in [-0.2, 0) is 6.42 Å². The predicted molar refractivity (Wildman–Crippen MR) is 63.0 cm³/mol. The molecule has 0 aliphatic rings. The molecule has 1 aromatic heterocycles. The van der Waals surface area contributed by atoms with E-state index in [1.165, 1.54) is 0 Å². The summed E-state index contributed by atoms with van der Waals surface area (Å²) in [5.74, 6) is 0.403. The van der Waals surface area contributed by atoms with E-state index in [9.17, 15) is 5.11 Å². The summed E-state index contributed by atoms with van der Waals surface area (Å²) in [7, 11) is 0. The standard InChI is InChI=1S/C11H14N4O/c12-5-1-2-9-8-4-3-7(16)6-10(8)15-11(13)14-9/h3-4,6,16H,1-2,5,12H2,(H2,13,14,15). The van der Waals surface area contributed by atoms with Gasteiger partial charge >= 0.3 is 0 Å². The lowest BCUT2D eigenvalue weighted by Crippen LogP contribution is -2.05. The molecule has 0 bridgehead atoms. The van der Waals surface area contributed by atoms with Gasteiger partial charge in [0.25, 0.3) is 0 Å². The normalized spacial score (nSPS) is 10.8. The maximum atomic E-state index is 9.37. The molecule has 16 heavy (non-hydrogen) atoms. The first-order valence-corrected chi connectivity index (χ1v) is 5.16. The highest BCUT2D eigenvalue weighted by Crippen LogP contribution is 2.22. The Labute approximate surface area is 93.1 Å². The summed E-state index contributed by atoms with van der Waals surface area (Å²) < 4.78 is 0. The highest BCUT2D eigenvalue weighted by atomic mass is 16.3. The Hall–Kier alpha value is -1.88. The quantitative estimate of drug-likeness (QED) is 0.708. The molecule has 2 aromatic rings. The van der Waals surface area contributed by atoms with E-state index in [-0.39, 0.29) is 11.7 Å². The van der Waals surface area contributed by atoms with Gasteiger partial charge in [-0.1, -0.05) is 0 Å². The summed E-state index contributed by atoms with van der Waals surface area (Å²) in [5.41, 5.74) is 12.6. The number of rotatable bonds is 3. The number of nitrogens with zero attached hydrogens (tertiary/aromatic N) is 2. The van der Waals surface area contributed by atoms with Crippen molar-refractivity contribution < 1.29 is 5.11 Å². The number of phenols is 1. The van der Waals surface area contributed by atoms with Crippen LogP contribution in [-0.4, -0.2) is 21.6 Å². The number of fused-ring (bicyclic) bond motifs is 1. The Bertz CT molecular complexity index is 507. The molecule has 1 aromatic carbocycles. The lowest BCUT2D eigenvalue weighted by Gasteiger charge is -2.06. The van der Waals surface area contributed by atoms with E-state index in [4.69, 9.17) is 11.5 Å². The number of aromatic hydroxyl groups is 1. The molecule has 5 nitrogen and oxygen atoms in total. The molecular weight excluding hydrogens is 204 g/mol. The molecule has 0 fully saturated rings. The van der Waals surface area contributed by atoms with Crippen LogP contribution in [0.2, 0.25) is 0 Å². The van der Waals surface area contributed by atoms with Gasteiger partial charge in [0.15, 0.2) is 0 Å². The van der Waals surface area contributed by atoms with Crippen LogP contribution in [0.1, 0.15) is 12.1 Å². The van der Waals surface area contributed by atoms with E-state index < -0.39 is 0 Å². The number of hydrogen-bond donors (Lipinski definition) is 3. The molecule has 5 heteroatoms. The first-order chi connectivity index (χ1) is 7.70. The molecule has 0 aliphatic heterocycles. The number of aryl methyl sites for hydroxylation is 1. The molecule has 0 radical (unpaired) electrons. The number of nitrogens with two attached hydrogens (primary N) is 2. The number of anilines is 1. The second kappa shape index (κ2) is 4.32. The van der Waals surface area contributed by atoms with Crippen molar-refractivity contribution in [2.75, 3.05) is 12.3 Å². The van der Waals surface area contributed by atoms with E-state index in [2.05, 4.69) is 9.97 Å². The smallest absolute Gasteiger partial charge is 0.220 e. The summed E-state index contributed by atoms with van der Waals surface area (Å²) in [5, 5.41) is 10.3. The Balaban J connectivity index is 2.54. The monoisotopic (exact) mass is 218 g/mol. The van der Waals surface area contributed by atoms with Gasteiger partial charge in [0.2, 0.25) is 5.95 Å². The van der Waals surface area contributed by atoms with Crippen LogP contribution < -0.4 is 11.5 Å². The zero-order valence-electron chi connectivity index (χ0n) is 8.85. The molecule has 84 valence electrons. The van der Waals surface area contributed by atoms with Gasteiger partial charge in [0.05, 0.1) is 11.2 Å². The molecule has 0 aliphatic carbocycles. The average molecular weight is 218 g/mol. The number of aromatic nitrogens is 2. The number of benzene rings is 1. The van der Waals surface area contributed by atoms with Gasteiger partial charge in [-0.15, -0.1) is 0 Å². The maximum absolute atomic E-state index is 9.37. The molecule has 0 spiro atoms. The van der Waals surface area contributed by atoms with Crippen molar-refractivity contribution in [2.24, 2.45) is 5.73 Å². The van der Waals surface area contributed by atoms with Crippen LogP contribution in [0.5, 0.6) is 5.75 Å². The highest BCUT2D eigenvalue weighted by Gasteiger charge is 2.06. The topological polar surface area (TPSA) is 98.0 Å². The van der Waals surface area contributed by atoms with Crippen LogP contribution in [0.4, 0.5) is 5.95 Å². The Morgan fingerprint density at radius 1 is 1.25 bits per heavy atom. The second-order valence-electron chi connectivity index (χ2n) is 3.62. The molecule has 2 rings (SSSR count). The van der Waals surface area contributed by atoms with Crippen molar-refractivity contribution in [3.05, 3.63) is 23.9 Å². The molecular formula is C11H14N4O. The lowest BCUT2D eigenvalue weighted by molar-refractivity contribution is 0.476. The minimum Gasteiger partial charge on any atom is -0.508 e. The molecule has 1 heterocycles. The Morgan fingerprint density at radius 2 is 2.06 bits per heavy atom. The third-order valence-corrected chi connectivity index (χ3v) is 2.39. The summed E-state index contributed by atoms with van der Waals surface area (Å²) in [6, 6.07) is 5.00. The Kier molecular flexibility index (Phi) is 2.87. The molecule has 0 amide bonds. The van der Waals surface area contributed by atoms with Gasteiger partial charge in [-0.05, 0) is 31.5 Å². The first kappa shape index (κ1) is 10.6. The van der Waals surface area contributed by atoms with E-state index >= 15 is 0 Å². The lowest BCUT2D eigenvalue weighted by atomic mass is 10.1. The van der Waals surface area contributed by atoms with Gasteiger partial charge in [-0.2, -0.15) is 0 Å². The minimum absolute atomic E-state index is 0.176. The SMILES string of the molecule is NCCCc1nc(N)nc2cc(O)ccc12. The van der Waals surface area contributed by atoms with Gasteiger partial charge in [-0.25, -0.2) is 9.97 Å². The third kappa shape index (κ3) is 2.04. The third-order valence-electron chi connectivity index (χ3n) is 2.39. The van der Waals surface area contributed by atoms with Crippen molar-refractivity contribution in [1.82, 2.24) is 9.97 Å². The summed E-state index contributed by atoms with van der Waals surface area (Å²) >= 11 is 0. The fraction of sp³-hybridized carbons (Fsp3) is 0.273. The van der Waals surface area contributed by atoms with Crippen molar-refractivity contribution in [2.45, 2.75) is 12.8 Å². The van der Waals surface area contributed by atoms with Crippen LogP contribution in [0.25, 0.3) is 10.9 Å². The van der Waals surface area contributed by atoms with Gasteiger partial charge in [0.1, 0.15) is 5.75 Å². The first-order valence-electron chi connectivity index (χ1n) is 5.16. The zero-order chi connectivity index (χ0) is 11.5. The largest absolute Gasteiger partial charge is 0.508 e. The van der Waals surface area contributed by atoms with Crippen molar-refractivity contribution in [1.29, 1.82) is 0 Å². The van der Waals surface area contributed by atoms with Gasteiger partial charge in [0, 0.05) is 11.5 Å². The van der Waals surface area contributed by atoms with E-state index in [0.717, 1.165) is 23.9 Å². The number of hydrogen-bond acceptors (Lipinski definition) is 5. The van der Waals surface area contributed by atoms with Crippen LogP contribution in [0.3, 0.4) is 0 Å². The van der Waals surface area contributed by atoms with Crippen LogP contribution in [0, 0.1) is 0 Å². The fourth-order valence-electron chi connectivity index (χ4n) is 1.66. The van der Waals surface area contributed by atoms with Crippen LogP contribution >= 0.6 is 0 Å². The van der Waals surface area contributed by atoms with Crippen LogP contribution in [0.15, 0.2) is 18.2 Å². The van der Waals surface area contributed by atoms with E-state index in [0.29, 0.717) is 12.1 Å². The average Bonchev–Trinajstić information content (AvgIpc) is 2.25. The van der Waals surface area contributed by atoms with E-state index in [1.807, 2.05) is 0 Å². The molecule has 0 saturated heterocycles. The highest BCUT2D eigenvalue weighted by molar-refractivity contribution is 5.83. The van der Waals surface area contributed by atoms with E-state index in [1.54, 1.807) is 18.2 Å².